The van der Waals surface area contributed by atoms with Crippen LogP contribution < -0.4 is 15.8 Å². The highest BCUT2D eigenvalue weighted by Crippen LogP contribution is 2.23. The number of hydrogen-bond acceptors (Lipinski definition) is 4. The lowest BCUT2D eigenvalue weighted by Gasteiger charge is -2.17. The van der Waals surface area contributed by atoms with E-state index in [0.29, 0.717) is 23.6 Å². The number of amides is 1. The third-order valence-electron chi connectivity index (χ3n) is 2.70. The molecule has 0 aromatic heterocycles. The zero-order chi connectivity index (χ0) is 13.5. The third-order valence-corrected chi connectivity index (χ3v) is 2.70. The quantitative estimate of drug-likeness (QED) is 0.751. The Morgan fingerprint density at radius 1 is 1.44 bits per heavy atom. The molecule has 0 aliphatic rings. The van der Waals surface area contributed by atoms with E-state index in [-0.39, 0.29) is 11.9 Å². The highest BCUT2D eigenvalue weighted by molar-refractivity contribution is 6.02. The van der Waals surface area contributed by atoms with Gasteiger partial charge in [0.1, 0.15) is 11.3 Å². The van der Waals surface area contributed by atoms with Crippen LogP contribution in [0.15, 0.2) is 18.2 Å². The molecule has 1 aromatic carbocycles. The first kappa shape index (κ1) is 14.3. The van der Waals surface area contributed by atoms with Crippen LogP contribution in [0.25, 0.3) is 0 Å². The molecule has 1 rings (SSSR count). The SMILES string of the molecule is CCC(COC)NC(=O)c1c(N)cccc1OC. The molecule has 0 fully saturated rings. The number of nitrogen functional groups attached to an aromatic ring is 1. The Kier molecular flexibility index (Phi) is 5.45. The molecule has 18 heavy (non-hydrogen) atoms. The smallest absolute Gasteiger partial charge is 0.257 e. The van der Waals surface area contributed by atoms with Crippen molar-refractivity contribution in [3.8, 4) is 5.75 Å². The number of anilines is 1. The second kappa shape index (κ2) is 6.86. The van der Waals surface area contributed by atoms with Gasteiger partial charge < -0.3 is 20.5 Å². The number of nitrogens with two attached hydrogens (primary N) is 1. The molecule has 0 aliphatic carbocycles. The predicted molar refractivity (Wildman–Crippen MR) is 70.8 cm³/mol. The van der Waals surface area contributed by atoms with Crippen molar-refractivity contribution in [2.24, 2.45) is 0 Å². The van der Waals surface area contributed by atoms with Gasteiger partial charge in [0.25, 0.3) is 5.91 Å². The maximum Gasteiger partial charge on any atom is 0.257 e. The molecule has 0 saturated heterocycles. The molecule has 0 saturated carbocycles. The van der Waals surface area contributed by atoms with E-state index in [0.717, 1.165) is 6.42 Å². The van der Waals surface area contributed by atoms with E-state index in [1.54, 1.807) is 25.3 Å². The zero-order valence-corrected chi connectivity index (χ0v) is 11.0. The number of carbonyl (C=O) groups excluding carboxylic acids is 1. The van der Waals surface area contributed by atoms with Crippen LogP contribution in [0.4, 0.5) is 5.69 Å². The minimum absolute atomic E-state index is 0.0354. The van der Waals surface area contributed by atoms with Gasteiger partial charge in [-0.25, -0.2) is 0 Å². The van der Waals surface area contributed by atoms with Crippen LogP contribution in [0.1, 0.15) is 23.7 Å². The Hall–Kier alpha value is -1.75. The molecule has 0 radical (unpaired) electrons. The summed E-state index contributed by atoms with van der Waals surface area (Å²) in [6, 6.07) is 5.10. The first-order valence-corrected chi connectivity index (χ1v) is 5.86. The van der Waals surface area contributed by atoms with Crippen LogP contribution >= 0.6 is 0 Å². The zero-order valence-electron chi connectivity index (χ0n) is 11.0. The Morgan fingerprint density at radius 2 is 2.17 bits per heavy atom. The van der Waals surface area contributed by atoms with E-state index in [4.69, 9.17) is 15.2 Å². The molecule has 5 nitrogen and oxygen atoms in total. The fourth-order valence-corrected chi connectivity index (χ4v) is 1.68. The Morgan fingerprint density at radius 3 is 2.72 bits per heavy atom. The van der Waals surface area contributed by atoms with Crippen LogP contribution in [-0.4, -0.2) is 32.8 Å². The Balaban J connectivity index is 2.89. The molecular weight excluding hydrogens is 232 g/mol. The highest BCUT2D eigenvalue weighted by Gasteiger charge is 2.18. The summed E-state index contributed by atoms with van der Waals surface area (Å²) in [5.74, 6) is 0.230. The van der Waals surface area contributed by atoms with Gasteiger partial charge in [0.15, 0.2) is 0 Å². The first-order valence-electron chi connectivity index (χ1n) is 5.86. The summed E-state index contributed by atoms with van der Waals surface area (Å²) >= 11 is 0. The summed E-state index contributed by atoms with van der Waals surface area (Å²) in [6.45, 7) is 2.45. The van der Waals surface area contributed by atoms with Crippen molar-refractivity contribution in [2.45, 2.75) is 19.4 Å². The van der Waals surface area contributed by atoms with E-state index < -0.39 is 0 Å². The lowest BCUT2D eigenvalue weighted by molar-refractivity contribution is 0.0892. The maximum atomic E-state index is 12.2. The summed E-state index contributed by atoms with van der Waals surface area (Å²) in [6.07, 6.45) is 0.786. The second-order valence-electron chi connectivity index (χ2n) is 3.96. The van der Waals surface area contributed by atoms with Gasteiger partial charge in [-0.3, -0.25) is 4.79 Å². The van der Waals surface area contributed by atoms with E-state index >= 15 is 0 Å². The molecule has 1 unspecified atom stereocenters. The Bertz CT molecular complexity index is 407. The van der Waals surface area contributed by atoms with Gasteiger partial charge in [-0.1, -0.05) is 13.0 Å². The van der Waals surface area contributed by atoms with E-state index in [1.807, 2.05) is 6.92 Å². The van der Waals surface area contributed by atoms with Crippen molar-refractivity contribution in [2.75, 3.05) is 26.6 Å². The minimum atomic E-state index is -0.242. The molecule has 3 N–H and O–H groups in total. The Labute approximate surface area is 107 Å². The molecule has 5 heteroatoms. The summed E-state index contributed by atoms with van der Waals surface area (Å²) in [5, 5.41) is 2.88. The highest BCUT2D eigenvalue weighted by atomic mass is 16.5. The van der Waals surface area contributed by atoms with E-state index in [1.165, 1.54) is 7.11 Å². The van der Waals surface area contributed by atoms with Crippen molar-refractivity contribution in [3.05, 3.63) is 23.8 Å². The largest absolute Gasteiger partial charge is 0.496 e. The molecule has 1 amide bonds. The minimum Gasteiger partial charge on any atom is -0.496 e. The number of hydrogen-bond donors (Lipinski definition) is 2. The number of carbonyl (C=O) groups is 1. The monoisotopic (exact) mass is 252 g/mol. The van der Waals surface area contributed by atoms with Gasteiger partial charge >= 0.3 is 0 Å². The normalized spacial score (nSPS) is 11.9. The van der Waals surface area contributed by atoms with Crippen LogP contribution in [0.2, 0.25) is 0 Å². The fraction of sp³-hybridized carbons (Fsp3) is 0.462. The van der Waals surface area contributed by atoms with Crippen LogP contribution in [-0.2, 0) is 4.74 Å². The van der Waals surface area contributed by atoms with Crippen molar-refractivity contribution < 1.29 is 14.3 Å². The third kappa shape index (κ3) is 3.37. The molecule has 0 aliphatic heterocycles. The average molecular weight is 252 g/mol. The number of rotatable bonds is 6. The van der Waals surface area contributed by atoms with Crippen molar-refractivity contribution in [1.82, 2.24) is 5.32 Å². The first-order chi connectivity index (χ1) is 8.63. The molecule has 0 spiro atoms. The topological polar surface area (TPSA) is 73.6 Å². The molecule has 0 heterocycles. The van der Waals surface area contributed by atoms with Crippen LogP contribution in [0.3, 0.4) is 0 Å². The van der Waals surface area contributed by atoms with Gasteiger partial charge in [0, 0.05) is 12.8 Å². The standard InChI is InChI=1S/C13H20N2O3/c1-4-9(8-17-2)15-13(16)12-10(14)6-5-7-11(12)18-3/h5-7,9H,4,8,14H2,1-3H3,(H,15,16). The summed E-state index contributed by atoms with van der Waals surface area (Å²) in [5.41, 5.74) is 6.59. The van der Waals surface area contributed by atoms with Gasteiger partial charge in [0.2, 0.25) is 0 Å². The molecule has 0 bridgehead atoms. The van der Waals surface area contributed by atoms with Crippen molar-refractivity contribution in [3.63, 3.8) is 0 Å². The summed E-state index contributed by atoms with van der Waals surface area (Å²) in [7, 11) is 3.12. The average Bonchev–Trinajstić information content (AvgIpc) is 2.37. The lowest BCUT2D eigenvalue weighted by Crippen LogP contribution is -2.38. The van der Waals surface area contributed by atoms with Crippen molar-refractivity contribution in [1.29, 1.82) is 0 Å². The van der Waals surface area contributed by atoms with Gasteiger partial charge in [-0.2, -0.15) is 0 Å². The summed E-state index contributed by atoms with van der Waals surface area (Å²) in [4.78, 5) is 12.2. The summed E-state index contributed by atoms with van der Waals surface area (Å²) < 4.78 is 10.2. The predicted octanol–water partition coefficient (Wildman–Crippen LogP) is 1.43. The molecular formula is C13H20N2O3. The number of methoxy groups -OCH3 is 2. The van der Waals surface area contributed by atoms with Gasteiger partial charge in [-0.05, 0) is 18.6 Å². The van der Waals surface area contributed by atoms with E-state index in [9.17, 15) is 4.79 Å². The molecule has 1 atom stereocenters. The maximum absolute atomic E-state index is 12.2. The second-order valence-corrected chi connectivity index (χ2v) is 3.96. The lowest BCUT2D eigenvalue weighted by atomic mass is 10.1. The number of ether oxygens (including phenoxy) is 2. The van der Waals surface area contributed by atoms with Gasteiger partial charge in [-0.15, -0.1) is 0 Å². The molecule has 100 valence electrons. The number of benzene rings is 1. The van der Waals surface area contributed by atoms with Crippen LogP contribution in [0, 0.1) is 0 Å². The van der Waals surface area contributed by atoms with Crippen molar-refractivity contribution >= 4 is 11.6 Å². The van der Waals surface area contributed by atoms with Gasteiger partial charge in [0.05, 0.1) is 19.8 Å². The van der Waals surface area contributed by atoms with E-state index in [2.05, 4.69) is 5.32 Å². The fourth-order valence-electron chi connectivity index (χ4n) is 1.68. The molecule has 1 aromatic rings. The van der Waals surface area contributed by atoms with Crippen LogP contribution in [0.5, 0.6) is 5.75 Å². The number of nitrogens with one attached hydrogen (secondary N) is 1.